The third-order valence-corrected chi connectivity index (χ3v) is 7.37. The van der Waals surface area contributed by atoms with Crippen molar-refractivity contribution in [1.82, 2.24) is 24.1 Å². The lowest BCUT2D eigenvalue weighted by Crippen LogP contribution is -2.03. The Morgan fingerprint density at radius 3 is 1.56 bits per heavy atom. The van der Waals surface area contributed by atoms with Crippen molar-refractivity contribution in [3.05, 3.63) is 84.9 Å². The molecule has 0 unspecified atom stereocenters. The lowest BCUT2D eigenvalue weighted by molar-refractivity contribution is 0.387. The first-order valence-electron chi connectivity index (χ1n) is 11.3. The number of pyridine rings is 1. The standard InChI is InChI=1S/C27H22N5O3P/c1-31-24-9-5-3-7-20(24)29-26(31)22-15-18(17-11-13-19(14-12-17)36(33,34)35)16-23(28-22)27-30-21-8-4-6-10-25(21)32(27)2/h3-16H,1-2H3,(H2,33,34,35). The minimum absolute atomic E-state index is 0.0218. The van der Waals surface area contributed by atoms with Crippen molar-refractivity contribution in [1.29, 1.82) is 0 Å². The highest BCUT2D eigenvalue weighted by Gasteiger charge is 2.19. The number of para-hydroxylation sites is 4. The topological polar surface area (TPSA) is 106 Å². The summed E-state index contributed by atoms with van der Waals surface area (Å²) in [5.41, 5.74) is 6.72. The molecule has 0 bridgehead atoms. The van der Waals surface area contributed by atoms with Crippen LogP contribution in [0.15, 0.2) is 84.9 Å². The molecule has 36 heavy (non-hydrogen) atoms. The molecule has 2 N–H and O–H groups in total. The molecule has 0 fully saturated rings. The molecule has 0 radical (unpaired) electrons. The van der Waals surface area contributed by atoms with Gasteiger partial charge in [-0.2, -0.15) is 0 Å². The fourth-order valence-electron chi connectivity index (χ4n) is 4.52. The van der Waals surface area contributed by atoms with E-state index < -0.39 is 7.60 Å². The maximum absolute atomic E-state index is 11.7. The number of fused-ring (bicyclic) bond motifs is 2. The van der Waals surface area contributed by atoms with Crippen LogP contribution in [0.2, 0.25) is 0 Å². The molecular formula is C27H22N5O3P. The number of hydrogen-bond acceptors (Lipinski definition) is 4. The first-order valence-corrected chi connectivity index (χ1v) is 12.9. The summed E-state index contributed by atoms with van der Waals surface area (Å²) in [6.07, 6.45) is 0. The second-order valence-corrected chi connectivity index (χ2v) is 10.3. The van der Waals surface area contributed by atoms with Gasteiger partial charge in [0.25, 0.3) is 0 Å². The first-order chi connectivity index (χ1) is 17.3. The molecular weight excluding hydrogens is 473 g/mol. The predicted octanol–water partition coefficient (Wildman–Crippen LogP) is 4.66. The number of aryl methyl sites for hydroxylation is 2. The molecule has 3 aromatic heterocycles. The summed E-state index contributed by atoms with van der Waals surface area (Å²) in [5.74, 6) is 1.43. The van der Waals surface area contributed by atoms with E-state index in [9.17, 15) is 14.4 Å². The Hall–Kier alpha value is -4.10. The van der Waals surface area contributed by atoms with Crippen molar-refractivity contribution in [2.75, 3.05) is 0 Å². The van der Waals surface area contributed by atoms with Crippen LogP contribution >= 0.6 is 7.60 Å². The van der Waals surface area contributed by atoms with Crippen LogP contribution in [0.1, 0.15) is 0 Å². The maximum Gasteiger partial charge on any atom is 0.356 e. The van der Waals surface area contributed by atoms with Gasteiger partial charge in [-0.1, -0.05) is 36.4 Å². The minimum atomic E-state index is -4.33. The minimum Gasteiger partial charge on any atom is -0.326 e. The van der Waals surface area contributed by atoms with Gasteiger partial charge in [-0.15, -0.1) is 0 Å². The van der Waals surface area contributed by atoms with Crippen LogP contribution in [-0.4, -0.2) is 33.9 Å². The van der Waals surface area contributed by atoms with E-state index >= 15 is 0 Å². The number of rotatable bonds is 4. The number of aromatic nitrogens is 5. The van der Waals surface area contributed by atoms with Gasteiger partial charge < -0.3 is 18.9 Å². The lowest BCUT2D eigenvalue weighted by Gasteiger charge is -2.11. The van der Waals surface area contributed by atoms with Crippen LogP contribution < -0.4 is 5.30 Å². The Morgan fingerprint density at radius 1 is 0.639 bits per heavy atom. The summed E-state index contributed by atoms with van der Waals surface area (Å²) < 4.78 is 15.7. The highest BCUT2D eigenvalue weighted by atomic mass is 31.2. The molecule has 3 heterocycles. The molecule has 0 aliphatic carbocycles. The quantitative estimate of drug-likeness (QED) is 0.345. The van der Waals surface area contributed by atoms with Gasteiger partial charge in [0.1, 0.15) is 11.4 Å². The molecule has 0 aliphatic rings. The van der Waals surface area contributed by atoms with Gasteiger partial charge >= 0.3 is 7.60 Å². The highest BCUT2D eigenvalue weighted by Crippen LogP contribution is 2.35. The summed E-state index contributed by atoms with van der Waals surface area (Å²) in [5, 5.41) is -0.0218. The Labute approximate surface area is 206 Å². The van der Waals surface area contributed by atoms with E-state index in [1.54, 1.807) is 12.1 Å². The fraction of sp³-hybridized carbons (Fsp3) is 0.0741. The molecule has 9 heteroatoms. The van der Waals surface area contributed by atoms with E-state index in [4.69, 9.17) is 15.0 Å². The van der Waals surface area contributed by atoms with Crippen molar-refractivity contribution in [3.63, 3.8) is 0 Å². The molecule has 6 rings (SSSR count). The molecule has 0 saturated heterocycles. The van der Waals surface area contributed by atoms with E-state index in [1.165, 1.54) is 12.1 Å². The molecule has 8 nitrogen and oxygen atoms in total. The van der Waals surface area contributed by atoms with Crippen LogP contribution in [0.3, 0.4) is 0 Å². The molecule has 0 spiro atoms. The van der Waals surface area contributed by atoms with Crippen LogP contribution in [0.5, 0.6) is 0 Å². The second-order valence-electron chi connectivity index (χ2n) is 8.68. The van der Waals surface area contributed by atoms with E-state index in [2.05, 4.69) is 0 Å². The van der Waals surface area contributed by atoms with Crippen LogP contribution in [0, 0.1) is 0 Å². The summed E-state index contributed by atoms with van der Waals surface area (Å²) in [7, 11) is -0.408. The number of hydrogen-bond donors (Lipinski definition) is 2. The van der Waals surface area contributed by atoms with Gasteiger partial charge in [-0.05, 0) is 59.7 Å². The summed E-state index contributed by atoms with van der Waals surface area (Å²) in [4.78, 5) is 33.7. The number of imidazole rings is 2. The van der Waals surface area contributed by atoms with Crippen molar-refractivity contribution >= 4 is 35.0 Å². The molecule has 0 atom stereocenters. The lowest BCUT2D eigenvalue weighted by atomic mass is 10.0. The van der Waals surface area contributed by atoms with E-state index in [-0.39, 0.29) is 5.30 Å². The Balaban J connectivity index is 1.59. The molecule has 3 aromatic carbocycles. The summed E-state index contributed by atoms with van der Waals surface area (Å²) in [6, 6.07) is 26.1. The molecule has 6 aromatic rings. The molecule has 178 valence electrons. The van der Waals surface area contributed by atoms with Crippen molar-refractivity contribution in [2.45, 2.75) is 0 Å². The normalized spacial score (nSPS) is 12.0. The number of benzene rings is 3. The average Bonchev–Trinajstić information content (AvgIpc) is 3.40. The van der Waals surface area contributed by atoms with E-state index in [1.807, 2.05) is 83.9 Å². The predicted molar refractivity (Wildman–Crippen MR) is 141 cm³/mol. The Kier molecular flexibility index (Phi) is 5.12. The van der Waals surface area contributed by atoms with Crippen molar-refractivity contribution < 1.29 is 14.4 Å². The largest absolute Gasteiger partial charge is 0.356 e. The molecule has 0 amide bonds. The third kappa shape index (κ3) is 3.72. The smallest absolute Gasteiger partial charge is 0.326 e. The zero-order valence-electron chi connectivity index (χ0n) is 19.6. The first kappa shape index (κ1) is 22.4. The molecule has 0 saturated carbocycles. The second kappa shape index (κ2) is 8.24. The monoisotopic (exact) mass is 495 g/mol. The molecule has 0 aliphatic heterocycles. The Bertz CT molecular complexity index is 1720. The van der Waals surface area contributed by atoms with Crippen LogP contribution in [0.4, 0.5) is 0 Å². The number of nitrogens with zero attached hydrogens (tertiary/aromatic N) is 5. The maximum atomic E-state index is 11.7. The van der Waals surface area contributed by atoms with Crippen LogP contribution in [-0.2, 0) is 18.7 Å². The van der Waals surface area contributed by atoms with Gasteiger partial charge in [0.2, 0.25) is 0 Å². The summed E-state index contributed by atoms with van der Waals surface area (Å²) in [6.45, 7) is 0. The van der Waals surface area contributed by atoms with Gasteiger partial charge in [0.15, 0.2) is 11.6 Å². The Morgan fingerprint density at radius 2 is 1.11 bits per heavy atom. The van der Waals surface area contributed by atoms with Crippen molar-refractivity contribution in [3.8, 4) is 34.2 Å². The van der Waals surface area contributed by atoms with Crippen molar-refractivity contribution in [2.24, 2.45) is 14.1 Å². The van der Waals surface area contributed by atoms with Crippen LogP contribution in [0.25, 0.3) is 56.2 Å². The van der Waals surface area contributed by atoms with Gasteiger partial charge in [0, 0.05) is 14.1 Å². The van der Waals surface area contributed by atoms with E-state index in [0.29, 0.717) is 23.0 Å². The zero-order chi connectivity index (χ0) is 25.0. The average molecular weight is 495 g/mol. The van der Waals surface area contributed by atoms with Gasteiger partial charge in [-0.25, -0.2) is 15.0 Å². The van der Waals surface area contributed by atoms with Gasteiger partial charge in [0.05, 0.1) is 27.4 Å². The summed E-state index contributed by atoms with van der Waals surface area (Å²) >= 11 is 0. The third-order valence-electron chi connectivity index (χ3n) is 6.39. The SMILES string of the molecule is Cn1c(-c2cc(-c3ccc(P(=O)(O)O)cc3)cc(-c3nc4ccccc4n3C)n2)nc2ccccc21. The van der Waals surface area contributed by atoms with Gasteiger partial charge in [-0.3, -0.25) is 4.57 Å². The fourth-order valence-corrected chi connectivity index (χ4v) is 5.06. The zero-order valence-corrected chi connectivity index (χ0v) is 20.5. The highest BCUT2D eigenvalue weighted by molar-refractivity contribution is 7.60. The van der Waals surface area contributed by atoms with E-state index in [0.717, 1.165) is 33.2 Å².